The van der Waals surface area contributed by atoms with Crippen LogP contribution in [0, 0.1) is 0 Å². The number of hydrogen-bond acceptors (Lipinski definition) is 6. The summed E-state index contributed by atoms with van der Waals surface area (Å²) in [4.78, 5) is 14.1. The summed E-state index contributed by atoms with van der Waals surface area (Å²) in [5.74, 6) is 1.19. The molecular formula is C17H21F3N6O. The van der Waals surface area contributed by atoms with Crippen molar-refractivity contribution in [3.8, 4) is 0 Å². The van der Waals surface area contributed by atoms with E-state index < -0.39 is 11.9 Å². The van der Waals surface area contributed by atoms with Crippen molar-refractivity contribution in [3.05, 3.63) is 35.8 Å². The Morgan fingerprint density at radius 3 is 2.74 bits per heavy atom. The summed E-state index contributed by atoms with van der Waals surface area (Å²) >= 11 is 0. The maximum absolute atomic E-state index is 12.7. The first kappa shape index (κ1) is 18.2. The van der Waals surface area contributed by atoms with Gasteiger partial charge in [-0.05, 0) is 12.8 Å². The lowest BCUT2D eigenvalue weighted by molar-refractivity contribution is -0.141. The number of fused-ring (bicyclic) bond motifs is 1. The van der Waals surface area contributed by atoms with Crippen molar-refractivity contribution in [1.29, 1.82) is 0 Å². The van der Waals surface area contributed by atoms with Crippen molar-refractivity contribution in [2.45, 2.75) is 44.8 Å². The highest BCUT2D eigenvalue weighted by atomic mass is 19.4. The quantitative estimate of drug-likeness (QED) is 0.875. The topological polar surface area (TPSA) is 68.1 Å². The van der Waals surface area contributed by atoms with Crippen molar-refractivity contribution >= 4 is 5.82 Å². The van der Waals surface area contributed by atoms with Gasteiger partial charge in [0.15, 0.2) is 0 Å². The molecule has 2 aromatic heterocycles. The molecule has 146 valence electrons. The molecule has 0 unspecified atom stereocenters. The van der Waals surface area contributed by atoms with Crippen LogP contribution >= 0.6 is 0 Å². The molecule has 1 N–H and O–H groups in total. The summed E-state index contributed by atoms with van der Waals surface area (Å²) in [6.45, 7) is 4.61. The van der Waals surface area contributed by atoms with Gasteiger partial charge in [-0.2, -0.15) is 13.2 Å². The normalized spacial score (nSPS) is 19.1. The lowest BCUT2D eigenvalue weighted by Crippen LogP contribution is -2.38. The zero-order valence-corrected chi connectivity index (χ0v) is 14.7. The number of nitrogens with zero attached hydrogens (tertiary/aromatic N) is 5. The molecule has 4 heterocycles. The van der Waals surface area contributed by atoms with Crippen LogP contribution in [0.4, 0.5) is 19.0 Å². The van der Waals surface area contributed by atoms with Crippen molar-refractivity contribution in [2.75, 3.05) is 25.0 Å². The third-order valence-corrected chi connectivity index (χ3v) is 4.90. The molecule has 10 heteroatoms. The fourth-order valence-corrected chi connectivity index (χ4v) is 3.49. The predicted octanol–water partition coefficient (Wildman–Crippen LogP) is 2.30. The number of alkyl halides is 3. The zero-order chi connectivity index (χ0) is 18.9. The number of likely N-dealkylation sites (tertiary alicyclic amines) is 1. The van der Waals surface area contributed by atoms with Gasteiger partial charge in [-0.3, -0.25) is 4.90 Å². The Morgan fingerprint density at radius 2 is 2.00 bits per heavy atom. The molecule has 2 aromatic rings. The fraction of sp³-hybridized carbons (Fsp3) is 0.588. The summed E-state index contributed by atoms with van der Waals surface area (Å²) in [6.07, 6.45) is 0.244. The minimum absolute atomic E-state index is 0.0980. The summed E-state index contributed by atoms with van der Waals surface area (Å²) in [7, 11) is 0. The van der Waals surface area contributed by atoms with E-state index in [1.54, 1.807) is 0 Å². The average molecular weight is 382 g/mol. The molecule has 2 aliphatic heterocycles. The molecule has 1 fully saturated rings. The lowest BCUT2D eigenvalue weighted by Gasteiger charge is -2.32. The molecule has 0 aliphatic carbocycles. The van der Waals surface area contributed by atoms with Crippen LogP contribution in [0.5, 0.6) is 0 Å². The van der Waals surface area contributed by atoms with Crippen molar-refractivity contribution in [2.24, 2.45) is 0 Å². The summed E-state index contributed by atoms with van der Waals surface area (Å²) in [6, 6.07) is 1.06. The summed E-state index contributed by atoms with van der Waals surface area (Å²) in [5, 5.41) is 3.10. The first-order chi connectivity index (χ1) is 13.0. The highest BCUT2D eigenvalue weighted by molar-refractivity contribution is 5.36. The molecule has 0 saturated carbocycles. The predicted molar refractivity (Wildman–Crippen MR) is 90.8 cm³/mol. The highest BCUT2D eigenvalue weighted by Gasteiger charge is 2.33. The monoisotopic (exact) mass is 382 g/mol. The number of rotatable bonds is 4. The van der Waals surface area contributed by atoms with Crippen molar-refractivity contribution in [3.63, 3.8) is 0 Å². The second-order valence-electron chi connectivity index (χ2n) is 6.88. The van der Waals surface area contributed by atoms with Crippen LogP contribution < -0.4 is 5.32 Å². The van der Waals surface area contributed by atoms with Crippen LogP contribution in [-0.4, -0.2) is 50.2 Å². The molecular weight excluding hydrogens is 361 g/mol. The fourth-order valence-electron chi connectivity index (χ4n) is 3.49. The molecule has 0 bridgehead atoms. The molecule has 0 atom stereocenters. The smallest absolute Gasteiger partial charge is 0.372 e. The third kappa shape index (κ3) is 4.38. The molecule has 0 radical (unpaired) electrons. The Balaban J connectivity index is 1.30. The van der Waals surface area contributed by atoms with Crippen LogP contribution in [0.2, 0.25) is 0 Å². The van der Waals surface area contributed by atoms with Gasteiger partial charge in [-0.25, -0.2) is 15.0 Å². The third-order valence-electron chi connectivity index (χ3n) is 4.90. The van der Waals surface area contributed by atoms with Gasteiger partial charge in [0, 0.05) is 44.5 Å². The van der Waals surface area contributed by atoms with E-state index in [9.17, 15) is 13.2 Å². The standard InChI is InChI=1S/C17H21F3N6O/c18-17(19,20)14-7-15(22-11-21-14)23-12-1-3-25(4-2-12)8-13-9-26-5-6-27-10-16(26)24-13/h7,9,11-12H,1-6,8,10H2,(H,21,22,23). The maximum Gasteiger partial charge on any atom is 0.433 e. The number of imidazole rings is 1. The Hall–Kier alpha value is -2.20. The molecule has 0 amide bonds. The Bertz CT molecular complexity index is 762. The number of ether oxygens (including phenoxy) is 1. The lowest BCUT2D eigenvalue weighted by atomic mass is 10.0. The first-order valence-electron chi connectivity index (χ1n) is 8.98. The number of nitrogens with one attached hydrogen (secondary N) is 1. The van der Waals surface area contributed by atoms with Crippen molar-refractivity contribution < 1.29 is 17.9 Å². The maximum atomic E-state index is 12.7. The van der Waals surface area contributed by atoms with Crippen LogP contribution in [0.3, 0.4) is 0 Å². The molecule has 0 spiro atoms. The SMILES string of the molecule is FC(F)(F)c1cc(NC2CCN(Cc3cn4c(n3)COCC4)CC2)ncn1. The van der Waals surface area contributed by atoms with Crippen molar-refractivity contribution in [1.82, 2.24) is 24.4 Å². The number of halogens is 3. The zero-order valence-electron chi connectivity index (χ0n) is 14.7. The first-order valence-corrected chi connectivity index (χ1v) is 8.98. The van der Waals surface area contributed by atoms with Gasteiger partial charge in [-0.1, -0.05) is 0 Å². The van der Waals surface area contributed by atoms with E-state index in [1.165, 1.54) is 0 Å². The Morgan fingerprint density at radius 1 is 1.19 bits per heavy atom. The number of piperidine rings is 1. The molecule has 0 aromatic carbocycles. The van der Waals surface area contributed by atoms with Gasteiger partial charge < -0.3 is 14.6 Å². The van der Waals surface area contributed by atoms with E-state index in [4.69, 9.17) is 4.74 Å². The molecule has 4 rings (SSSR count). The van der Waals surface area contributed by atoms with Gasteiger partial charge in [0.25, 0.3) is 0 Å². The van der Waals surface area contributed by atoms with E-state index in [2.05, 4.69) is 35.9 Å². The molecule has 1 saturated heterocycles. The van der Waals surface area contributed by atoms with Gasteiger partial charge in [-0.15, -0.1) is 0 Å². The second kappa shape index (κ2) is 7.43. The average Bonchev–Trinajstić information content (AvgIpc) is 3.05. The van der Waals surface area contributed by atoms with Gasteiger partial charge in [0.05, 0.1) is 12.3 Å². The minimum atomic E-state index is -4.46. The Kier molecular flexibility index (Phi) is 5.00. The van der Waals surface area contributed by atoms with E-state index in [1.807, 2.05) is 0 Å². The van der Waals surface area contributed by atoms with Crippen LogP contribution in [-0.2, 0) is 30.6 Å². The summed E-state index contributed by atoms with van der Waals surface area (Å²) < 4.78 is 45.8. The van der Waals surface area contributed by atoms with Gasteiger partial charge in [0.1, 0.15) is 30.3 Å². The number of hydrogen-bond donors (Lipinski definition) is 1. The second-order valence-corrected chi connectivity index (χ2v) is 6.88. The number of anilines is 1. The van der Waals surface area contributed by atoms with Gasteiger partial charge >= 0.3 is 6.18 Å². The van der Waals surface area contributed by atoms with Crippen LogP contribution in [0.1, 0.15) is 30.1 Å². The molecule has 27 heavy (non-hydrogen) atoms. The summed E-state index contributed by atoms with van der Waals surface area (Å²) in [5.41, 5.74) is 0.109. The largest absolute Gasteiger partial charge is 0.433 e. The van der Waals surface area contributed by atoms with E-state index in [-0.39, 0.29) is 11.9 Å². The van der Waals surface area contributed by atoms with E-state index >= 15 is 0 Å². The minimum Gasteiger partial charge on any atom is -0.372 e. The van der Waals surface area contributed by atoms with E-state index in [0.29, 0.717) is 6.61 Å². The van der Waals surface area contributed by atoms with Gasteiger partial charge in [0.2, 0.25) is 0 Å². The van der Waals surface area contributed by atoms with Crippen LogP contribution in [0.15, 0.2) is 18.6 Å². The molecule has 7 nitrogen and oxygen atoms in total. The van der Waals surface area contributed by atoms with E-state index in [0.717, 1.165) is 69.5 Å². The van der Waals surface area contributed by atoms with Crippen LogP contribution in [0.25, 0.3) is 0 Å². The number of aromatic nitrogens is 4. The molecule has 2 aliphatic rings. The highest BCUT2D eigenvalue weighted by Crippen LogP contribution is 2.28. The Labute approximate surface area is 154 Å².